The number of benzene rings is 2. The molecule has 0 aliphatic carbocycles. The Balaban J connectivity index is 0.000000862. The molecule has 2 aromatic carbocycles. The molecule has 0 aliphatic rings. The van der Waals surface area contributed by atoms with E-state index in [0.29, 0.717) is 31.2 Å². The molecule has 49 heavy (non-hydrogen) atoms. The average Bonchev–Trinajstić information content (AvgIpc) is 3.01. The summed E-state index contributed by atoms with van der Waals surface area (Å²) in [6, 6.07) is 11.5. The molecular weight excluding hydrogens is 697 g/mol. The first kappa shape index (κ1) is 45.8. The van der Waals surface area contributed by atoms with Gasteiger partial charge in [0.2, 0.25) is 0 Å². The molecule has 4 aromatic rings. The number of rotatable bonds is 7. The molecule has 10 nitrogen and oxygen atoms in total. The number of aryl methyl sites for hydroxylation is 2. The summed E-state index contributed by atoms with van der Waals surface area (Å²) in [6.45, 7) is 24.0. The number of amides is 1. The molecule has 0 aliphatic heterocycles. The zero-order valence-electron chi connectivity index (χ0n) is 30.6. The van der Waals surface area contributed by atoms with Crippen molar-refractivity contribution >= 4 is 33.7 Å². The van der Waals surface area contributed by atoms with Crippen molar-refractivity contribution in [3.63, 3.8) is 0 Å². The second-order valence-corrected chi connectivity index (χ2v) is 12.9. The van der Waals surface area contributed by atoms with Gasteiger partial charge in [-0.15, -0.1) is 0 Å². The van der Waals surface area contributed by atoms with Crippen LogP contribution in [-0.2, 0) is 48.3 Å². The molecule has 0 atom stereocenters. The first-order valence-corrected chi connectivity index (χ1v) is 15.9. The summed E-state index contributed by atoms with van der Waals surface area (Å²) < 4.78 is 16.5. The summed E-state index contributed by atoms with van der Waals surface area (Å²) in [7, 11) is 1.00. The topological polar surface area (TPSA) is 146 Å². The van der Waals surface area contributed by atoms with Crippen LogP contribution in [0.25, 0.3) is 21.8 Å². The van der Waals surface area contributed by atoms with E-state index in [9.17, 15) is 9.59 Å². The Morgan fingerprint density at radius 3 is 1.45 bits per heavy atom. The second-order valence-electron chi connectivity index (χ2n) is 12.9. The minimum Gasteiger partial charge on any atom is -0.494 e. The van der Waals surface area contributed by atoms with Gasteiger partial charge in [0, 0.05) is 50.6 Å². The Labute approximate surface area is 317 Å². The number of aromatic nitrogens is 2. The van der Waals surface area contributed by atoms with E-state index in [0.717, 1.165) is 62.7 Å². The van der Waals surface area contributed by atoms with Gasteiger partial charge in [-0.3, -0.25) is 10.2 Å². The van der Waals surface area contributed by atoms with E-state index in [4.69, 9.17) is 25.2 Å². The van der Waals surface area contributed by atoms with Crippen LogP contribution >= 0.6 is 0 Å². The van der Waals surface area contributed by atoms with Crippen molar-refractivity contribution < 1.29 is 61.6 Å². The first-order valence-electron chi connectivity index (χ1n) is 15.9. The number of carbonyl (C=O) groups is 2. The van der Waals surface area contributed by atoms with Crippen molar-refractivity contribution in [3.05, 3.63) is 70.0 Å². The van der Waals surface area contributed by atoms with Crippen molar-refractivity contribution in [1.82, 2.24) is 15.4 Å². The summed E-state index contributed by atoms with van der Waals surface area (Å²) >= 11 is 0. The van der Waals surface area contributed by atoms with Gasteiger partial charge in [0.1, 0.15) is 22.9 Å². The zero-order chi connectivity index (χ0) is 35.7. The Kier molecular flexibility index (Phi) is 18.6. The third-order valence-electron chi connectivity index (χ3n) is 7.27. The van der Waals surface area contributed by atoms with Crippen LogP contribution < -0.4 is 20.7 Å². The SMILES string of the molecule is C.CCOC(=O)c1cc(C)c2cc(OCC)cc(C(C)(C)C)c2n1.CCOc1cc(C(C)(C)C)c2nc(C(=O)NN)cc(C)c2c1.CO.[Y]. The van der Waals surface area contributed by atoms with Crippen molar-refractivity contribution in [2.24, 2.45) is 5.84 Å². The molecule has 4 rings (SSSR count). The maximum atomic E-state index is 12.1. The number of aliphatic hydroxyl groups is 1. The van der Waals surface area contributed by atoms with Gasteiger partial charge < -0.3 is 19.3 Å². The van der Waals surface area contributed by atoms with E-state index in [2.05, 4.69) is 56.9 Å². The maximum Gasteiger partial charge on any atom is 0.356 e. The van der Waals surface area contributed by atoms with E-state index in [1.807, 2.05) is 52.0 Å². The van der Waals surface area contributed by atoms with Crippen LogP contribution in [-0.4, -0.2) is 53.9 Å². The Morgan fingerprint density at radius 1 is 0.714 bits per heavy atom. The van der Waals surface area contributed by atoms with Gasteiger partial charge in [-0.1, -0.05) is 49.0 Å². The third kappa shape index (κ3) is 11.7. The summed E-state index contributed by atoms with van der Waals surface area (Å²) in [5.74, 6) is 6.11. The number of esters is 1. The van der Waals surface area contributed by atoms with Gasteiger partial charge >= 0.3 is 5.97 Å². The fraction of sp³-hybridized carbons (Fsp3) is 0.474. The number of nitrogen functional groups attached to an aromatic ring is 1. The van der Waals surface area contributed by atoms with Gasteiger partial charge in [0.15, 0.2) is 0 Å². The standard InChI is InChI=1S/C19H25NO3.C17H23N3O2.CH4O.CH4.Y/c1-7-22-13-10-14-12(3)9-16(18(21)23-8-2)20-17(14)15(11-13)19(4,5)6;1-6-22-11-8-12-10(2)7-14(16(21)20-18)19-15(12)13(9-11)17(3,4)5;1-2;;/h9-11H,7-8H2,1-6H3;7-9H,6,18H2,1-5H3,(H,20,21);2H,1H3;1H4;. The largest absolute Gasteiger partial charge is 0.494 e. The van der Waals surface area contributed by atoms with Crippen LogP contribution in [0.3, 0.4) is 0 Å². The van der Waals surface area contributed by atoms with E-state index in [1.165, 1.54) is 0 Å². The zero-order valence-corrected chi connectivity index (χ0v) is 33.5. The Bertz CT molecular complexity index is 1710. The van der Waals surface area contributed by atoms with Crippen molar-refractivity contribution in [1.29, 1.82) is 0 Å². The summed E-state index contributed by atoms with van der Waals surface area (Å²) in [4.78, 5) is 33.0. The van der Waals surface area contributed by atoms with Crippen LogP contribution in [0.4, 0.5) is 0 Å². The van der Waals surface area contributed by atoms with Crippen LogP contribution in [0.5, 0.6) is 11.5 Å². The van der Waals surface area contributed by atoms with Crippen LogP contribution in [0, 0.1) is 13.8 Å². The number of ether oxygens (including phenoxy) is 3. The number of hydrazine groups is 1. The normalized spacial score (nSPS) is 10.7. The minimum atomic E-state index is -0.390. The van der Waals surface area contributed by atoms with Gasteiger partial charge in [-0.05, 0) is 104 Å². The third-order valence-corrected chi connectivity index (χ3v) is 7.27. The quantitative estimate of drug-likeness (QED) is 0.0756. The molecule has 267 valence electrons. The van der Waals surface area contributed by atoms with E-state index >= 15 is 0 Å². The Morgan fingerprint density at radius 2 is 1.10 bits per heavy atom. The number of fused-ring (bicyclic) bond motifs is 2. The molecule has 2 heterocycles. The number of nitrogens with two attached hydrogens (primary N) is 1. The first-order chi connectivity index (χ1) is 22.0. The molecule has 0 saturated heterocycles. The molecule has 0 fully saturated rings. The fourth-order valence-corrected chi connectivity index (χ4v) is 5.07. The molecule has 0 saturated carbocycles. The van der Waals surface area contributed by atoms with Crippen molar-refractivity contribution in [2.45, 2.75) is 94.4 Å². The van der Waals surface area contributed by atoms with E-state index in [1.54, 1.807) is 19.1 Å². The van der Waals surface area contributed by atoms with Crippen LogP contribution in [0.2, 0.25) is 0 Å². The molecule has 1 radical (unpaired) electrons. The number of nitrogens with zero attached hydrogens (tertiary/aromatic N) is 2. The summed E-state index contributed by atoms with van der Waals surface area (Å²) in [5.41, 5.74) is 8.29. The second kappa shape index (κ2) is 19.9. The number of carbonyl (C=O) groups excluding carboxylic acids is 2. The summed E-state index contributed by atoms with van der Waals surface area (Å²) in [6.07, 6.45) is 0. The average molecular weight is 754 g/mol. The summed E-state index contributed by atoms with van der Waals surface area (Å²) in [5, 5.41) is 9.00. The monoisotopic (exact) mass is 753 g/mol. The van der Waals surface area contributed by atoms with Crippen LogP contribution in [0.1, 0.15) is 113 Å². The Hall–Kier alpha value is -3.18. The van der Waals surface area contributed by atoms with Gasteiger partial charge in [0.05, 0.1) is 30.9 Å². The molecule has 0 unspecified atom stereocenters. The van der Waals surface area contributed by atoms with E-state index in [-0.39, 0.29) is 56.9 Å². The molecule has 2 aromatic heterocycles. The fourth-order valence-electron chi connectivity index (χ4n) is 5.07. The minimum absolute atomic E-state index is 0. The maximum absolute atomic E-state index is 12.1. The van der Waals surface area contributed by atoms with Crippen LogP contribution in [0.15, 0.2) is 36.4 Å². The van der Waals surface area contributed by atoms with Gasteiger partial charge in [-0.25, -0.2) is 20.6 Å². The predicted octanol–water partition coefficient (Wildman–Crippen LogP) is 7.50. The molecule has 4 N–H and O–H groups in total. The predicted molar refractivity (Wildman–Crippen MR) is 195 cm³/mol. The molecule has 0 bridgehead atoms. The molecule has 0 spiro atoms. The number of pyridine rings is 2. The number of hydrogen-bond acceptors (Lipinski definition) is 9. The molecule has 1 amide bonds. The molecule has 11 heteroatoms. The molecular formula is C38H56N4O6Y. The number of hydrogen-bond donors (Lipinski definition) is 3. The van der Waals surface area contributed by atoms with Crippen molar-refractivity contribution in [3.8, 4) is 11.5 Å². The van der Waals surface area contributed by atoms with E-state index < -0.39 is 5.91 Å². The van der Waals surface area contributed by atoms with Gasteiger partial charge in [-0.2, -0.15) is 0 Å². The number of nitrogens with one attached hydrogen (secondary N) is 1. The number of aliphatic hydroxyl groups excluding tert-OH is 1. The smallest absolute Gasteiger partial charge is 0.356 e. The van der Waals surface area contributed by atoms with Crippen molar-refractivity contribution in [2.75, 3.05) is 26.9 Å². The van der Waals surface area contributed by atoms with Gasteiger partial charge in [0.25, 0.3) is 5.91 Å².